The molecule has 23 heavy (non-hydrogen) atoms. The Morgan fingerprint density at radius 1 is 1.30 bits per heavy atom. The van der Waals surface area contributed by atoms with Crippen molar-refractivity contribution in [3.63, 3.8) is 0 Å². The molecular formula is C18H27FN2O2. The maximum absolute atomic E-state index is 13.1. The quantitative estimate of drug-likeness (QED) is 0.850. The molecule has 1 aliphatic heterocycles. The van der Waals surface area contributed by atoms with Gasteiger partial charge in [-0.2, -0.15) is 0 Å². The molecule has 0 saturated carbocycles. The first-order valence-electron chi connectivity index (χ1n) is 8.41. The first kappa shape index (κ1) is 17.7. The van der Waals surface area contributed by atoms with Crippen molar-refractivity contribution in [2.75, 3.05) is 26.2 Å². The highest BCUT2D eigenvalue weighted by atomic mass is 19.1. The summed E-state index contributed by atoms with van der Waals surface area (Å²) in [6.45, 7) is 9.70. The molecular weight excluding hydrogens is 295 g/mol. The van der Waals surface area contributed by atoms with Gasteiger partial charge in [-0.1, -0.05) is 26.0 Å². The third kappa shape index (κ3) is 4.93. The Balaban J connectivity index is 2.09. The monoisotopic (exact) mass is 322 g/mol. The van der Waals surface area contributed by atoms with Gasteiger partial charge in [-0.25, -0.2) is 9.18 Å². The molecule has 1 atom stereocenters. The van der Waals surface area contributed by atoms with Crippen LogP contribution in [0.5, 0.6) is 0 Å². The van der Waals surface area contributed by atoms with Crippen LogP contribution in [0.15, 0.2) is 24.3 Å². The standard InChI is InChI=1S/C18H27FN2O2/c1-4-23-18(22)21-11-5-10-20(17(13-21)14(2)3)12-15-6-8-16(19)9-7-15/h6-9,14,17H,4-5,10-13H2,1-3H3/t17-/m0/s1. The maximum Gasteiger partial charge on any atom is 0.409 e. The normalized spacial score (nSPS) is 19.7. The molecule has 5 heteroatoms. The zero-order chi connectivity index (χ0) is 16.8. The fraction of sp³-hybridized carbons (Fsp3) is 0.611. The number of halogens is 1. The number of rotatable bonds is 4. The Morgan fingerprint density at radius 3 is 2.61 bits per heavy atom. The fourth-order valence-electron chi connectivity index (χ4n) is 3.10. The fourth-order valence-corrected chi connectivity index (χ4v) is 3.10. The van der Waals surface area contributed by atoms with Crippen LogP contribution in [0.3, 0.4) is 0 Å². The molecule has 0 aliphatic carbocycles. The van der Waals surface area contributed by atoms with Gasteiger partial charge < -0.3 is 9.64 Å². The Bertz CT molecular complexity index is 504. The van der Waals surface area contributed by atoms with E-state index in [0.29, 0.717) is 19.1 Å². The van der Waals surface area contributed by atoms with Crippen LogP contribution in [-0.4, -0.2) is 48.2 Å². The summed E-state index contributed by atoms with van der Waals surface area (Å²) in [7, 11) is 0. The number of nitrogens with zero attached hydrogens (tertiary/aromatic N) is 2. The molecule has 1 saturated heterocycles. The lowest BCUT2D eigenvalue weighted by atomic mass is 10.0. The molecule has 1 fully saturated rings. The second-order valence-corrected chi connectivity index (χ2v) is 6.41. The van der Waals surface area contributed by atoms with E-state index in [-0.39, 0.29) is 18.0 Å². The number of hydrogen-bond donors (Lipinski definition) is 0. The van der Waals surface area contributed by atoms with Gasteiger partial charge in [0.2, 0.25) is 0 Å². The van der Waals surface area contributed by atoms with Gasteiger partial charge in [0.1, 0.15) is 5.82 Å². The molecule has 0 N–H and O–H groups in total. The lowest BCUT2D eigenvalue weighted by Crippen LogP contribution is -2.45. The van der Waals surface area contributed by atoms with Crippen LogP contribution < -0.4 is 0 Å². The molecule has 1 aliphatic rings. The summed E-state index contributed by atoms with van der Waals surface area (Å²) >= 11 is 0. The molecule has 0 bridgehead atoms. The highest BCUT2D eigenvalue weighted by Crippen LogP contribution is 2.20. The summed E-state index contributed by atoms with van der Waals surface area (Å²) in [5.41, 5.74) is 1.10. The highest BCUT2D eigenvalue weighted by Gasteiger charge is 2.30. The van der Waals surface area contributed by atoms with E-state index in [2.05, 4.69) is 18.7 Å². The first-order chi connectivity index (χ1) is 11.0. The molecule has 0 aromatic heterocycles. The number of amides is 1. The Hall–Kier alpha value is -1.62. The van der Waals surface area contributed by atoms with Gasteiger partial charge in [-0.3, -0.25) is 4.90 Å². The van der Waals surface area contributed by atoms with Crippen LogP contribution in [0.4, 0.5) is 9.18 Å². The maximum atomic E-state index is 13.1. The summed E-state index contributed by atoms with van der Waals surface area (Å²) in [4.78, 5) is 16.3. The number of carbonyl (C=O) groups excluding carboxylic acids is 1. The van der Waals surface area contributed by atoms with Crippen molar-refractivity contribution in [1.82, 2.24) is 9.80 Å². The molecule has 0 radical (unpaired) electrons. The molecule has 128 valence electrons. The molecule has 0 spiro atoms. The largest absolute Gasteiger partial charge is 0.450 e. The van der Waals surface area contributed by atoms with E-state index >= 15 is 0 Å². The average Bonchev–Trinajstić information content (AvgIpc) is 2.72. The second kappa shape index (κ2) is 8.29. The van der Waals surface area contributed by atoms with Crippen molar-refractivity contribution in [2.45, 2.75) is 39.8 Å². The third-order valence-corrected chi connectivity index (χ3v) is 4.34. The smallest absolute Gasteiger partial charge is 0.409 e. The van der Waals surface area contributed by atoms with Gasteiger partial charge in [0, 0.05) is 32.2 Å². The van der Waals surface area contributed by atoms with E-state index in [9.17, 15) is 9.18 Å². The van der Waals surface area contributed by atoms with Crippen LogP contribution in [0.25, 0.3) is 0 Å². The molecule has 2 rings (SSSR count). The van der Waals surface area contributed by atoms with E-state index < -0.39 is 0 Å². The predicted molar refractivity (Wildman–Crippen MR) is 88.6 cm³/mol. The summed E-state index contributed by atoms with van der Waals surface area (Å²) in [5, 5.41) is 0. The Kier molecular flexibility index (Phi) is 6.39. The minimum atomic E-state index is -0.221. The molecule has 1 amide bonds. The lowest BCUT2D eigenvalue weighted by molar-refractivity contribution is 0.0914. The van der Waals surface area contributed by atoms with Gasteiger partial charge in [-0.15, -0.1) is 0 Å². The first-order valence-corrected chi connectivity index (χ1v) is 8.41. The number of ether oxygens (including phenoxy) is 1. The molecule has 4 nitrogen and oxygen atoms in total. The van der Waals surface area contributed by atoms with Crippen LogP contribution in [0.2, 0.25) is 0 Å². The average molecular weight is 322 g/mol. The van der Waals surface area contributed by atoms with Crippen molar-refractivity contribution in [2.24, 2.45) is 5.92 Å². The van der Waals surface area contributed by atoms with Crippen molar-refractivity contribution in [1.29, 1.82) is 0 Å². The van der Waals surface area contributed by atoms with Gasteiger partial charge in [0.25, 0.3) is 0 Å². The zero-order valence-corrected chi connectivity index (χ0v) is 14.3. The Labute approximate surface area is 138 Å². The van der Waals surface area contributed by atoms with Crippen molar-refractivity contribution in [3.05, 3.63) is 35.6 Å². The third-order valence-electron chi connectivity index (χ3n) is 4.34. The molecule has 1 heterocycles. The van der Waals surface area contributed by atoms with E-state index in [0.717, 1.165) is 31.6 Å². The number of hydrogen-bond acceptors (Lipinski definition) is 3. The minimum absolute atomic E-state index is 0.210. The van der Waals surface area contributed by atoms with Crippen LogP contribution in [-0.2, 0) is 11.3 Å². The van der Waals surface area contributed by atoms with Gasteiger partial charge in [-0.05, 0) is 37.0 Å². The number of benzene rings is 1. The summed E-state index contributed by atoms with van der Waals surface area (Å²) in [6.07, 6.45) is 0.699. The highest BCUT2D eigenvalue weighted by molar-refractivity contribution is 5.67. The minimum Gasteiger partial charge on any atom is -0.450 e. The SMILES string of the molecule is CCOC(=O)N1CCCN(Cc2ccc(F)cc2)[C@H](C(C)C)C1. The molecule has 1 aromatic rings. The molecule has 0 unspecified atom stereocenters. The van der Waals surface area contributed by atoms with E-state index in [4.69, 9.17) is 4.74 Å². The second-order valence-electron chi connectivity index (χ2n) is 6.41. The zero-order valence-electron chi connectivity index (χ0n) is 14.3. The topological polar surface area (TPSA) is 32.8 Å². The van der Waals surface area contributed by atoms with Crippen molar-refractivity contribution >= 4 is 6.09 Å². The van der Waals surface area contributed by atoms with E-state index in [1.165, 1.54) is 12.1 Å². The Morgan fingerprint density at radius 2 is 2.00 bits per heavy atom. The van der Waals surface area contributed by atoms with Crippen molar-refractivity contribution in [3.8, 4) is 0 Å². The van der Waals surface area contributed by atoms with Crippen LogP contribution in [0.1, 0.15) is 32.8 Å². The van der Waals surface area contributed by atoms with Crippen LogP contribution >= 0.6 is 0 Å². The van der Waals surface area contributed by atoms with Gasteiger partial charge >= 0.3 is 6.09 Å². The summed E-state index contributed by atoms with van der Waals surface area (Å²) < 4.78 is 18.2. The van der Waals surface area contributed by atoms with E-state index in [1.54, 1.807) is 0 Å². The number of carbonyl (C=O) groups is 1. The van der Waals surface area contributed by atoms with Crippen LogP contribution in [0, 0.1) is 11.7 Å². The lowest BCUT2D eigenvalue weighted by Gasteiger charge is -2.34. The summed E-state index contributed by atoms with van der Waals surface area (Å²) in [5.74, 6) is 0.212. The molecule has 1 aromatic carbocycles. The van der Waals surface area contributed by atoms with Gasteiger partial charge in [0.15, 0.2) is 0 Å². The van der Waals surface area contributed by atoms with Gasteiger partial charge in [0.05, 0.1) is 6.61 Å². The summed E-state index contributed by atoms with van der Waals surface area (Å²) in [6, 6.07) is 6.94. The predicted octanol–water partition coefficient (Wildman–Crippen LogP) is 3.51. The van der Waals surface area contributed by atoms with Crippen molar-refractivity contribution < 1.29 is 13.9 Å². The van der Waals surface area contributed by atoms with E-state index in [1.807, 2.05) is 24.0 Å².